The van der Waals surface area contributed by atoms with Gasteiger partial charge in [-0.1, -0.05) is 0 Å². The van der Waals surface area contributed by atoms with Gasteiger partial charge in [0.15, 0.2) is 0 Å². The van der Waals surface area contributed by atoms with E-state index in [1.807, 2.05) is 0 Å². The van der Waals surface area contributed by atoms with Crippen molar-refractivity contribution in [2.75, 3.05) is 14.2 Å². The van der Waals surface area contributed by atoms with Crippen LogP contribution in [0.15, 0.2) is 18.2 Å². The Balaban J connectivity index is 3.00. The Bertz CT molecular complexity index is 411. The largest absolute Gasteiger partial charge is 0.497 e. The van der Waals surface area contributed by atoms with Crippen LogP contribution >= 0.6 is 0 Å². The van der Waals surface area contributed by atoms with Gasteiger partial charge in [-0.25, -0.2) is 4.79 Å². The summed E-state index contributed by atoms with van der Waals surface area (Å²) in [5.74, 6) is -1.32. The third-order valence-electron chi connectivity index (χ3n) is 2.08. The maximum Gasteiger partial charge on any atom is 0.372 e. The molecule has 16 heavy (non-hydrogen) atoms. The van der Waals surface area contributed by atoms with E-state index >= 15 is 0 Å². The molecule has 0 saturated carbocycles. The molecule has 1 rings (SSSR count). The van der Waals surface area contributed by atoms with Gasteiger partial charge in [0.2, 0.25) is 5.78 Å². The van der Waals surface area contributed by atoms with Crippen molar-refractivity contribution in [1.82, 2.24) is 0 Å². The van der Waals surface area contributed by atoms with Crippen molar-refractivity contribution in [3.05, 3.63) is 23.8 Å². The predicted molar refractivity (Wildman–Crippen MR) is 55.9 cm³/mol. The summed E-state index contributed by atoms with van der Waals surface area (Å²) in [5, 5.41) is 8.51. The van der Waals surface area contributed by atoms with Gasteiger partial charge in [0.05, 0.1) is 14.2 Å². The van der Waals surface area contributed by atoms with Gasteiger partial charge in [-0.3, -0.25) is 4.79 Å². The highest BCUT2D eigenvalue weighted by molar-refractivity contribution is 6.33. The number of hydrogen-bond acceptors (Lipinski definition) is 4. The van der Waals surface area contributed by atoms with Gasteiger partial charge in [-0.15, -0.1) is 0 Å². The van der Waals surface area contributed by atoms with Gasteiger partial charge >= 0.3 is 5.97 Å². The van der Waals surface area contributed by atoms with Crippen molar-refractivity contribution in [3.63, 3.8) is 0 Å². The van der Waals surface area contributed by atoms with Crippen molar-refractivity contribution >= 4 is 11.8 Å². The van der Waals surface area contributed by atoms with Gasteiger partial charge in [-0.2, -0.15) is 0 Å². The summed E-state index contributed by atoms with van der Waals surface area (Å²) < 4.78 is 10.0. The van der Waals surface area contributed by atoms with Crippen LogP contribution in [-0.2, 0) is 16.0 Å². The lowest BCUT2D eigenvalue weighted by molar-refractivity contribution is -0.148. The number of benzene rings is 1. The molecule has 0 saturated heterocycles. The number of ether oxygens (including phenoxy) is 2. The van der Waals surface area contributed by atoms with Gasteiger partial charge in [0, 0.05) is 12.0 Å². The van der Waals surface area contributed by atoms with E-state index in [0.29, 0.717) is 17.1 Å². The number of carboxylic acid groups (broad SMARTS) is 1. The van der Waals surface area contributed by atoms with Crippen LogP contribution in [0.1, 0.15) is 5.56 Å². The van der Waals surface area contributed by atoms with Crippen molar-refractivity contribution in [1.29, 1.82) is 0 Å². The molecule has 86 valence electrons. The minimum Gasteiger partial charge on any atom is -0.497 e. The molecule has 0 amide bonds. The zero-order chi connectivity index (χ0) is 12.1. The highest BCUT2D eigenvalue weighted by Gasteiger charge is 2.15. The third kappa shape index (κ3) is 2.73. The molecule has 0 radical (unpaired) electrons. The SMILES string of the molecule is COc1ccc(OC)c(CC(=O)C(=O)O)c1. The van der Waals surface area contributed by atoms with Gasteiger partial charge < -0.3 is 14.6 Å². The summed E-state index contributed by atoms with van der Waals surface area (Å²) >= 11 is 0. The first kappa shape index (κ1) is 12.0. The highest BCUT2D eigenvalue weighted by atomic mass is 16.5. The molecule has 1 aromatic rings. The number of hydrogen-bond donors (Lipinski definition) is 1. The fourth-order valence-electron chi connectivity index (χ4n) is 1.27. The number of carbonyl (C=O) groups is 2. The number of aliphatic carboxylic acids is 1. The average molecular weight is 224 g/mol. The maximum atomic E-state index is 11.1. The first-order valence-corrected chi connectivity index (χ1v) is 4.55. The Hall–Kier alpha value is -2.04. The summed E-state index contributed by atoms with van der Waals surface area (Å²) in [6, 6.07) is 4.89. The molecule has 5 nitrogen and oxygen atoms in total. The molecule has 0 aliphatic heterocycles. The van der Waals surface area contributed by atoms with E-state index in [4.69, 9.17) is 14.6 Å². The van der Waals surface area contributed by atoms with E-state index in [1.165, 1.54) is 14.2 Å². The van der Waals surface area contributed by atoms with Crippen molar-refractivity contribution < 1.29 is 24.2 Å². The van der Waals surface area contributed by atoms with Crippen molar-refractivity contribution in [3.8, 4) is 11.5 Å². The fourth-order valence-corrected chi connectivity index (χ4v) is 1.27. The molecule has 1 N–H and O–H groups in total. The maximum absolute atomic E-state index is 11.1. The molecule has 0 fully saturated rings. The normalized spacial score (nSPS) is 9.62. The van der Waals surface area contributed by atoms with Crippen LogP contribution in [0.2, 0.25) is 0 Å². The Morgan fingerprint density at radius 3 is 2.44 bits per heavy atom. The van der Waals surface area contributed by atoms with Crippen LogP contribution in [0.25, 0.3) is 0 Å². The van der Waals surface area contributed by atoms with E-state index in [9.17, 15) is 9.59 Å². The molecule has 0 bridgehead atoms. The van der Waals surface area contributed by atoms with Gasteiger partial charge in [-0.05, 0) is 18.2 Å². The Morgan fingerprint density at radius 1 is 1.25 bits per heavy atom. The lowest BCUT2D eigenvalue weighted by Gasteiger charge is -2.08. The van der Waals surface area contributed by atoms with E-state index in [2.05, 4.69) is 0 Å². The predicted octanol–water partition coefficient (Wildman–Crippen LogP) is 0.900. The average Bonchev–Trinajstić information content (AvgIpc) is 2.28. The number of methoxy groups -OCH3 is 2. The molecule has 0 spiro atoms. The number of ketones is 1. The Kier molecular flexibility index (Phi) is 3.88. The molecule has 5 heteroatoms. The van der Waals surface area contributed by atoms with E-state index in [0.717, 1.165) is 0 Å². The quantitative estimate of drug-likeness (QED) is 0.752. The molecule has 0 atom stereocenters. The second-order valence-electron chi connectivity index (χ2n) is 3.08. The van der Waals surface area contributed by atoms with Crippen LogP contribution in [0, 0.1) is 0 Å². The lowest BCUT2D eigenvalue weighted by Crippen LogP contribution is -2.15. The van der Waals surface area contributed by atoms with Crippen molar-refractivity contribution in [2.24, 2.45) is 0 Å². The molecule has 1 aromatic carbocycles. The van der Waals surface area contributed by atoms with Crippen LogP contribution in [-0.4, -0.2) is 31.1 Å². The molecule has 0 heterocycles. The summed E-state index contributed by atoms with van der Waals surface area (Å²) in [6.07, 6.45) is -0.213. The zero-order valence-electron chi connectivity index (χ0n) is 9.02. The van der Waals surface area contributed by atoms with Crippen LogP contribution in [0.4, 0.5) is 0 Å². The van der Waals surface area contributed by atoms with Crippen LogP contribution in [0.5, 0.6) is 11.5 Å². The first-order chi connectivity index (χ1) is 7.58. The van der Waals surface area contributed by atoms with Gasteiger partial charge in [0.1, 0.15) is 11.5 Å². The second kappa shape index (κ2) is 5.16. The second-order valence-corrected chi connectivity index (χ2v) is 3.08. The Morgan fingerprint density at radius 2 is 1.94 bits per heavy atom. The smallest absolute Gasteiger partial charge is 0.372 e. The first-order valence-electron chi connectivity index (χ1n) is 4.55. The highest BCUT2D eigenvalue weighted by Crippen LogP contribution is 2.24. The molecule has 0 aliphatic rings. The fraction of sp³-hybridized carbons (Fsp3) is 0.273. The lowest BCUT2D eigenvalue weighted by atomic mass is 10.1. The van der Waals surface area contributed by atoms with Gasteiger partial charge in [0.25, 0.3) is 0 Å². The molecular weight excluding hydrogens is 212 g/mol. The number of carbonyl (C=O) groups excluding carboxylic acids is 1. The van der Waals surface area contributed by atoms with Crippen molar-refractivity contribution in [2.45, 2.75) is 6.42 Å². The molecule has 0 aliphatic carbocycles. The third-order valence-corrected chi connectivity index (χ3v) is 2.08. The topological polar surface area (TPSA) is 72.8 Å². The Labute approximate surface area is 92.6 Å². The summed E-state index contributed by atoms with van der Waals surface area (Å²) in [6.45, 7) is 0. The molecular formula is C11H12O5. The zero-order valence-corrected chi connectivity index (χ0v) is 9.02. The van der Waals surface area contributed by atoms with E-state index in [-0.39, 0.29) is 6.42 Å². The van der Waals surface area contributed by atoms with Crippen LogP contribution < -0.4 is 9.47 Å². The number of carboxylic acids is 1. The minimum absolute atomic E-state index is 0.213. The summed E-state index contributed by atoms with van der Waals surface area (Å²) in [4.78, 5) is 21.5. The summed E-state index contributed by atoms with van der Waals surface area (Å²) in [5.41, 5.74) is 0.495. The summed E-state index contributed by atoms with van der Waals surface area (Å²) in [7, 11) is 2.95. The number of rotatable bonds is 5. The molecule has 0 aromatic heterocycles. The number of Topliss-reactive ketones (excluding diaryl/α,β-unsaturated/α-hetero) is 1. The standard InChI is InChI=1S/C11H12O5/c1-15-8-3-4-10(16-2)7(5-8)6-9(12)11(13)14/h3-5H,6H2,1-2H3,(H,13,14). The van der Waals surface area contributed by atoms with E-state index in [1.54, 1.807) is 18.2 Å². The van der Waals surface area contributed by atoms with Crippen LogP contribution in [0.3, 0.4) is 0 Å². The monoisotopic (exact) mass is 224 g/mol. The van der Waals surface area contributed by atoms with E-state index < -0.39 is 11.8 Å². The minimum atomic E-state index is -1.45. The molecule has 0 unspecified atom stereocenters.